The van der Waals surface area contributed by atoms with Crippen LogP contribution >= 0.6 is 15.9 Å². The van der Waals surface area contributed by atoms with Gasteiger partial charge < -0.3 is 4.90 Å². The van der Waals surface area contributed by atoms with Gasteiger partial charge in [-0.15, -0.1) is 0 Å². The van der Waals surface area contributed by atoms with E-state index < -0.39 is 0 Å². The van der Waals surface area contributed by atoms with Gasteiger partial charge in [0.25, 0.3) is 0 Å². The zero-order valence-corrected chi connectivity index (χ0v) is 11.0. The monoisotopic (exact) mass is 267 g/mol. The third-order valence-corrected chi connectivity index (χ3v) is 4.16. The van der Waals surface area contributed by atoms with Crippen LogP contribution in [0.2, 0.25) is 0 Å². The highest BCUT2D eigenvalue weighted by molar-refractivity contribution is 9.10. The average Bonchev–Trinajstić information content (AvgIpc) is 2.24. The van der Waals surface area contributed by atoms with Gasteiger partial charge in [0.15, 0.2) is 0 Å². The van der Waals surface area contributed by atoms with Gasteiger partial charge in [-0.1, -0.05) is 35.0 Å². The van der Waals surface area contributed by atoms with E-state index in [0.29, 0.717) is 5.41 Å². The van der Waals surface area contributed by atoms with Crippen LogP contribution < -0.4 is 0 Å². The van der Waals surface area contributed by atoms with Gasteiger partial charge in [0.2, 0.25) is 0 Å². The first-order chi connectivity index (χ1) is 7.10. The first kappa shape index (κ1) is 11.2. The summed E-state index contributed by atoms with van der Waals surface area (Å²) < 4.78 is 1.17. The lowest BCUT2D eigenvalue weighted by Gasteiger charge is -2.38. The van der Waals surface area contributed by atoms with Crippen LogP contribution in [0.3, 0.4) is 0 Å². The van der Waals surface area contributed by atoms with Crippen molar-refractivity contribution in [2.24, 2.45) is 0 Å². The van der Waals surface area contributed by atoms with Crippen LogP contribution in [0.4, 0.5) is 0 Å². The number of benzene rings is 1. The fraction of sp³-hybridized carbons (Fsp3) is 0.538. The van der Waals surface area contributed by atoms with Crippen LogP contribution in [0.15, 0.2) is 28.7 Å². The second-order valence-electron chi connectivity index (χ2n) is 4.87. The van der Waals surface area contributed by atoms with Crippen molar-refractivity contribution in [1.29, 1.82) is 0 Å². The maximum Gasteiger partial charge on any atom is 0.0175 e. The minimum Gasteiger partial charge on any atom is -0.306 e. The number of rotatable bonds is 1. The summed E-state index contributed by atoms with van der Waals surface area (Å²) in [5, 5.41) is 0. The molecular formula is C13H18BrN. The Morgan fingerprint density at radius 2 is 1.67 bits per heavy atom. The van der Waals surface area contributed by atoms with Gasteiger partial charge in [-0.05, 0) is 56.1 Å². The molecule has 0 aliphatic carbocycles. The Kier molecular flexibility index (Phi) is 3.17. The first-order valence-electron chi connectivity index (χ1n) is 5.55. The molecule has 2 rings (SSSR count). The summed E-state index contributed by atoms with van der Waals surface area (Å²) >= 11 is 3.49. The van der Waals surface area contributed by atoms with Gasteiger partial charge in [-0.2, -0.15) is 0 Å². The maximum absolute atomic E-state index is 3.49. The number of likely N-dealkylation sites (tertiary alicyclic amines) is 1. The molecule has 1 fully saturated rings. The third kappa shape index (κ3) is 2.43. The molecule has 1 aliphatic heterocycles. The van der Waals surface area contributed by atoms with E-state index >= 15 is 0 Å². The average molecular weight is 268 g/mol. The summed E-state index contributed by atoms with van der Waals surface area (Å²) in [6.45, 7) is 4.82. The van der Waals surface area contributed by atoms with Crippen LogP contribution in [0, 0.1) is 0 Å². The Balaban J connectivity index is 2.18. The van der Waals surface area contributed by atoms with Gasteiger partial charge in [0, 0.05) is 4.47 Å². The molecule has 82 valence electrons. The predicted molar refractivity (Wildman–Crippen MR) is 68.2 cm³/mol. The standard InChI is InChI=1S/C13H18BrN/c1-13(7-9-15(2)10-8-13)11-3-5-12(14)6-4-11/h3-6H,7-10H2,1-2H3. The van der Waals surface area contributed by atoms with Crippen LogP contribution in [0.1, 0.15) is 25.3 Å². The van der Waals surface area contributed by atoms with Crippen molar-refractivity contribution in [2.45, 2.75) is 25.2 Å². The van der Waals surface area contributed by atoms with Crippen LogP contribution in [0.5, 0.6) is 0 Å². The van der Waals surface area contributed by atoms with Crippen molar-refractivity contribution >= 4 is 15.9 Å². The molecule has 1 heterocycles. The fourth-order valence-corrected chi connectivity index (χ4v) is 2.52. The molecule has 0 unspecified atom stereocenters. The maximum atomic E-state index is 3.49. The second-order valence-corrected chi connectivity index (χ2v) is 5.79. The van der Waals surface area contributed by atoms with Gasteiger partial charge in [0.1, 0.15) is 0 Å². The summed E-state index contributed by atoms with van der Waals surface area (Å²) in [6, 6.07) is 8.82. The minimum absolute atomic E-state index is 0.382. The van der Waals surface area contributed by atoms with E-state index in [2.05, 4.69) is 59.1 Å². The Hall–Kier alpha value is -0.340. The molecular weight excluding hydrogens is 250 g/mol. The predicted octanol–water partition coefficient (Wildman–Crippen LogP) is 3.43. The van der Waals surface area contributed by atoms with Gasteiger partial charge in [-0.25, -0.2) is 0 Å². The van der Waals surface area contributed by atoms with Crippen LogP contribution in [0.25, 0.3) is 0 Å². The quantitative estimate of drug-likeness (QED) is 0.754. The molecule has 1 nitrogen and oxygen atoms in total. The van der Waals surface area contributed by atoms with E-state index in [1.807, 2.05) is 0 Å². The van der Waals surface area contributed by atoms with Crippen molar-refractivity contribution < 1.29 is 0 Å². The minimum atomic E-state index is 0.382. The number of nitrogens with zero attached hydrogens (tertiary/aromatic N) is 1. The molecule has 1 aromatic rings. The SMILES string of the molecule is CN1CCC(C)(c2ccc(Br)cc2)CC1. The van der Waals surface area contributed by atoms with Gasteiger partial charge >= 0.3 is 0 Å². The molecule has 0 N–H and O–H groups in total. The lowest BCUT2D eigenvalue weighted by atomic mass is 9.75. The molecule has 0 bridgehead atoms. The second kappa shape index (κ2) is 4.26. The number of piperidine rings is 1. The molecule has 15 heavy (non-hydrogen) atoms. The van der Waals surface area contributed by atoms with E-state index in [-0.39, 0.29) is 0 Å². The highest BCUT2D eigenvalue weighted by Gasteiger charge is 2.30. The van der Waals surface area contributed by atoms with Crippen LogP contribution in [-0.2, 0) is 5.41 Å². The zero-order chi connectivity index (χ0) is 10.9. The zero-order valence-electron chi connectivity index (χ0n) is 9.46. The van der Waals surface area contributed by atoms with Crippen molar-refractivity contribution in [3.63, 3.8) is 0 Å². The number of hydrogen-bond acceptors (Lipinski definition) is 1. The first-order valence-corrected chi connectivity index (χ1v) is 6.34. The van der Waals surface area contributed by atoms with E-state index in [1.165, 1.54) is 36.0 Å². The summed E-state index contributed by atoms with van der Waals surface area (Å²) in [6.07, 6.45) is 2.54. The molecule has 2 heteroatoms. The third-order valence-electron chi connectivity index (χ3n) is 3.63. The Morgan fingerprint density at radius 1 is 1.13 bits per heavy atom. The number of halogens is 1. The van der Waals surface area contributed by atoms with E-state index in [9.17, 15) is 0 Å². The Labute approximate surface area is 101 Å². The van der Waals surface area contributed by atoms with Crippen molar-refractivity contribution in [3.8, 4) is 0 Å². The highest BCUT2D eigenvalue weighted by Crippen LogP contribution is 2.34. The number of hydrogen-bond donors (Lipinski definition) is 0. The van der Waals surface area contributed by atoms with Crippen molar-refractivity contribution in [3.05, 3.63) is 34.3 Å². The lowest BCUT2D eigenvalue weighted by Crippen LogP contribution is -2.38. The van der Waals surface area contributed by atoms with Crippen LogP contribution in [-0.4, -0.2) is 25.0 Å². The van der Waals surface area contributed by atoms with E-state index in [1.54, 1.807) is 0 Å². The smallest absolute Gasteiger partial charge is 0.0175 e. The summed E-state index contributed by atoms with van der Waals surface area (Å²) in [7, 11) is 2.21. The molecule has 0 atom stereocenters. The molecule has 0 amide bonds. The van der Waals surface area contributed by atoms with Crippen molar-refractivity contribution in [2.75, 3.05) is 20.1 Å². The Morgan fingerprint density at radius 3 is 2.20 bits per heavy atom. The molecule has 1 aromatic carbocycles. The van der Waals surface area contributed by atoms with Gasteiger partial charge in [-0.3, -0.25) is 0 Å². The molecule has 0 saturated carbocycles. The van der Waals surface area contributed by atoms with Crippen molar-refractivity contribution in [1.82, 2.24) is 4.90 Å². The Bertz CT molecular complexity index is 323. The topological polar surface area (TPSA) is 3.24 Å². The van der Waals surface area contributed by atoms with Gasteiger partial charge in [0.05, 0.1) is 0 Å². The normalized spacial score (nSPS) is 21.5. The fourth-order valence-electron chi connectivity index (χ4n) is 2.25. The summed E-state index contributed by atoms with van der Waals surface area (Å²) in [5.74, 6) is 0. The largest absolute Gasteiger partial charge is 0.306 e. The summed E-state index contributed by atoms with van der Waals surface area (Å²) in [5.41, 5.74) is 1.87. The van der Waals surface area contributed by atoms with E-state index in [0.717, 1.165) is 0 Å². The van der Waals surface area contributed by atoms with E-state index in [4.69, 9.17) is 0 Å². The highest BCUT2D eigenvalue weighted by atomic mass is 79.9. The molecule has 0 spiro atoms. The molecule has 1 saturated heterocycles. The molecule has 0 radical (unpaired) electrons. The summed E-state index contributed by atoms with van der Waals surface area (Å²) in [4.78, 5) is 2.42. The molecule has 1 aliphatic rings. The molecule has 0 aromatic heterocycles. The lowest BCUT2D eigenvalue weighted by molar-refractivity contribution is 0.200.